The van der Waals surface area contributed by atoms with Crippen LogP contribution in [0, 0.1) is 5.92 Å². The fourth-order valence-corrected chi connectivity index (χ4v) is 3.82. The minimum absolute atomic E-state index is 0.0721. The number of nitrogen functional groups attached to an aromatic ring is 1. The zero-order valence-corrected chi connectivity index (χ0v) is 15.1. The highest BCUT2D eigenvalue weighted by Crippen LogP contribution is 2.26. The number of anilines is 2. The van der Waals surface area contributed by atoms with E-state index < -0.39 is 14.8 Å². The Hall–Kier alpha value is -1.27. The summed E-state index contributed by atoms with van der Waals surface area (Å²) in [5.41, 5.74) is 7.58. The summed E-state index contributed by atoms with van der Waals surface area (Å²) in [4.78, 5) is 0. The van der Waals surface area contributed by atoms with Crippen molar-refractivity contribution >= 4 is 21.4 Å². The summed E-state index contributed by atoms with van der Waals surface area (Å²) in [5.74, 6) is 0.576. The van der Waals surface area contributed by atoms with Gasteiger partial charge in [-0.1, -0.05) is 6.07 Å². The normalized spacial score (nSPS) is 22.7. The fraction of sp³-hybridized carbons (Fsp3) is 0.647. The first-order valence-electron chi connectivity index (χ1n) is 8.29. The molecule has 23 heavy (non-hydrogen) atoms. The molecule has 5 nitrogen and oxygen atoms in total. The molecule has 1 fully saturated rings. The largest absolute Gasteiger partial charge is 0.399 e. The molecule has 6 heteroatoms. The van der Waals surface area contributed by atoms with Gasteiger partial charge in [0.15, 0.2) is 0 Å². The molecule has 0 saturated heterocycles. The molecular weight excluding hydrogens is 310 g/mol. The Morgan fingerprint density at radius 2 is 1.83 bits per heavy atom. The van der Waals surface area contributed by atoms with E-state index in [1.807, 2.05) is 24.3 Å². The van der Waals surface area contributed by atoms with Crippen molar-refractivity contribution in [3.8, 4) is 0 Å². The van der Waals surface area contributed by atoms with Crippen LogP contribution >= 0.6 is 0 Å². The van der Waals surface area contributed by atoms with Gasteiger partial charge in [-0.3, -0.25) is 0 Å². The van der Waals surface area contributed by atoms with Gasteiger partial charge in [-0.2, -0.15) is 0 Å². The number of hydrogen-bond acceptors (Lipinski definition) is 4. The molecule has 0 radical (unpaired) electrons. The highest BCUT2D eigenvalue weighted by atomic mass is 32.2. The first-order valence-corrected chi connectivity index (χ1v) is 9.77. The van der Waals surface area contributed by atoms with E-state index in [4.69, 9.17) is 5.73 Å². The summed E-state index contributed by atoms with van der Waals surface area (Å²) < 4.78 is 26.5. The lowest BCUT2D eigenvalue weighted by molar-refractivity contribution is 0.322. The molecule has 0 aromatic heterocycles. The van der Waals surface area contributed by atoms with E-state index in [2.05, 4.69) is 10.0 Å². The average Bonchev–Trinajstić information content (AvgIpc) is 2.45. The van der Waals surface area contributed by atoms with Gasteiger partial charge in [0.2, 0.25) is 10.0 Å². The van der Waals surface area contributed by atoms with Crippen LogP contribution in [-0.2, 0) is 10.0 Å². The summed E-state index contributed by atoms with van der Waals surface area (Å²) in [7, 11) is -3.25. The summed E-state index contributed by atoms with van der Waals surface area (Å²) in [6.45, 7) is 6.10. The van der Waals surface area contributed by atoms with Crippen molar-refractivity contribution in [1.29, 1.82) is 0 Å². The smallest absolute Gasteiger partial charge is 0.216 e. The van der Waals surface area contributed by atoms with Crippen LogP contribution in [0.15, 0.2) is 24.3 Å². The second kappa shape index (κ2) is 7.09. The fourth-order valence-electron chi connectivity index (χ4n) is 2.79. The lowest BCUT2D eigenvalue weighted by Crippen LogP contribution is -2.46. The Morgan fingerprint density at radius 1 is 1.17 bits per heavy atom. The van der Waals surface area contributed by atoms with Crippen molar-refractivity contribution in [2.24, 2.45) is 5.92 Å². The second-order valence-electron chi connectivity index (χ2n) is 7.46. The van der Waals surface area contributed by atoms with Crippen LogP contribution in [0.1, 0.15) is 46.5 Å². The topological polar surface area (TPSA) is 84.2 Å². The van der Waals surface area contributed by atoms with Crippen molar-refractivity contribution in [3.05, 3.63) is 24.3 Å². The predicted octanol–water partition coefficient (Wildman–Crippen LogP) is 2.96. The standard InChI is InChI=1S/C17H29N3O2S/c1-17(2,3)23(21,22)20-15-9-7-13(8-10-15)12-19-16-6-4-5-14(18)11-16/h4-6,11,13,15,19-20H,7-10,12,18H2,1-3H3. The third-order valence-electron chi connectivity index (χ3n) is 4.46. The van der Waals surface area contributed by atoms with Gasteiger partial charge in [-0.05, 0) is 70.6 Å². The van der Waals surface area contributed by atoms with Crippen LogP contribution in [-0.4, -0.2) is 25.8 Å². The molecule has 0 atom stereocenters. The highest BCUT2D eigenvalue weighted by molar-refractivity contribution is 7.90. The highest BCUT2D eigenvalue weighted by Gasteiger charge is 2.32. The monoisotopic (exact) mass is 339 g/mol. The molecule has 130 valence electrons. The van der Waals surface area contributed by atoms with E-state index >= 15 is 0 Å². The summed E-state index contributed by atoms with van der Waals surface area (Å²) >= 11 is 0. The minimum Gasteiger partial charge on any atom is -0.399 e. The van der Waals surface area contributed by atoms with Crippen LogP contribution in [0.25, 0.3) is 0 Å². The van der Waals surface area contributed by atoms with Crippen molar-refractivity contribution < 1.29 is 8.42 Å². The summed E-state index contributed by atoms with van der Waals surface area (Å²) in [5, 5.41) is 3.42. The van der Waals surface area contributed by atoms with E-state index in [1.54, 1.807) is 20.8 Å². The molecule has 1 saturated carbocycles. The van der Waals surface area contributed by atoms with Gasteiger partial charge in [0.25, 0.3) is 0 Å². The zero-order chi connectivity index (χ0) is 17.1. The number of nitrogens with one attached hydrogen (secondary N) is 2. The lowest BCUT2D eigenvalue weighted by atomic mass is 9.86. The van der Waals surface area contributed by atoms with Gasteiger partial charge in [0.05, 0.1) is 4.75 Å². The van der Waals surface area contributed by atoms with Gasteiger partial charge < -0.3 is 11.1 Å². The molecule has 0 aliphatic heterocycles. The van der Waals surface area contributed by atoms with Gasteiger partial charge >= 0.3 is 0 Å². The van der Waals surface area contributed by atoms with Crippen LogP contribution in [0.2, 0.25) is 0 Å². The van der Waals surface area contributed by atoms with Gasteiger partial charge in [0, 0.05) is 24.0 Å². The first-order chi connectivity index (χ1) is 10.7. The SMILES string of the molecule is CC(C)(C)S(=O)(=O)NC1CCC(CNc2cccc(N)c2)CC1. The molecule has 1 aromatic carbocycles. The molecule has 0 amide bonds. The van der Waals surface area contributed by atoms with E-state index in [0.29, 0.717) is 5.92 Å². The van der Waals surface area contributed by atoms with Crippen molar-refractivity contribution in [1.82, 2.24) is 4.72 Å². The number of hydrogen-bond donors (Lipinski definition) is 3. The Morgan fingerprint density at radius 3 is 2.39 bits per heavy atom. The maximum Gasteiger partial charge on any atom is 0.216 e. The third kappa shape index (κ3) is 5.11. The maximum atomic E-state index is 12.2. The van der Waals surface area contributed by atoms with E-state index in [-0.39, 0.29) is 6.04 Å². The Kier molecular flexibility index (Phi) is 5.57. The van der Waals surface area contributed by atoms with Crippen molar-refractivity contribution in [2.45, 2.75) is 57.2 Å². The molecule has 1 aromatic rings. The maximum absolute atomic E-state index is 12.2. The van der Waals surface area contributed by atoms with Gasteiger partial charge in [-0.25, -0.2) is 13.1 Å². The van der Waals surface area contributed by atoms with E-state index in [1.165, 1.54) is 0 Å². The molecule has 4 N–H and O–H groups in total. The molecule has 1 aliphatic carbocycles. The van der Waals surface area contributed by atoms with Crippen LogP contribution in [0.4, 0.5) is 11.4 Å². The molecule has 2 rings (SSSR count). The molecule has 0 spiro atoms. The van der Waals surface area contributed by atoms with Gasteiger partial charge in [-0.15, -0.1) is 0 Å². The Labute approximate surface area is 140 Å². The lowest BCUT2D eigenvalue weighted by Gasteiger charge is -2.31. The van der Waals surface area contributed by atoms with E-state index in [9.17, 15) is 8.42 Å². The quantitative estimate of drug-likeness (QED) is 0.720. The molecule has 1 aliphatic rings. The first kappa shape index (κ1) is 18.1. The number of benzene rings is 1. The van der Waals surface area contributed by atoms with Gasteiger partial charge in [0.1, 0.15) is 0 Å². The van der Waals surface area contributed by atoms with Crippen molar-refractivity contribution in [2.75, 3.05) is 17.6 Å². The van der Waals surface area contributed by atoms with Crippen LogP contribution < -0.4 is 15.8 Å². The number of nitrogens with two attached hydrogens (primary N) is 1. The summed E-state index contributed by atoms with van der Waals surface area (Å²) in [6, 6.07) is 7.83. The second-order valence-corrected chi connectivity index (χ2v) is 9.92. The minimum atomic E-state index is -3.25. The van der Waals surface area contributed by atoms with Crippen LogP contribution in [0.5, 0.6) is 0 Å². The predicted molar refractivity (Wildman–Crippen MR) is 96.9 cm³/mol. The Balaban J connectivity index is 1.78. The zero-order valence-electron chi connectivity index (χ0n) is 14.3. The Bertz CT molecular complexity index is 615. The number of sulfonamides is 1. The molecule has 0 unspecified atom stereocenters. The molecular formula is C17H29N3O2S. The van der Waals surface area contributed by atoms with Crippen molar-refractivity contribution in [3.63, 3.8) is 0 Å². The third-order valence-corrected chi connectivity index (χ3v) is 6.71. The van der Waals surface area contributed by atoms with E-state index in [0.717, 1.165) is 43.6 Å². The molecule has 0 bridgehead atoms. The average molecular weight is 340 g/mol. The number of rotatable bonds is 5. The molecule has 0 heterocycles. The summed E-state index contributed by atoms with van der Waals surface area (Å²) in [6.07, 6.45) is 3.87. The van der Waals surface area contributed by atoms with Crippen LogP contribution in [0.3, 0.4) is 0 Å².